The maximum atomic E-state index is 12.6. The molecule has 0 radical (unpaired) electrons. The summed E-state index contributed by atoms with van der Waals surface area (Å²) >= 11 is 0. The van der Waals surface area contributed by atoms with Gasteiger partial charge in [-0.05, 0) is 54.7 Å². The van der Waals surface area contributed by atoms with Crippen molar-refractivity contribution in [2.75, 3.05) is 20.2 Å². The second-order valence-electron chi connectivity index (χ2n) is 8.73. The number of primary amides is 1. The second kappa shape index (κ2) is 7.06. The van der Waals surface area contributed by atoms with Crippen molar-refractivity contribution in [3.63, 3.8) is 0 Å². The number of unbranched alkanes of at least 4 members (excludes halogenated alkanes) is 1. The minimum absolute atomic E-state index is 0.0699. The van der Waals surface area contributed by atoms with Crippen LogP contribution in [0.5, 0.6) is 11.5 Å². The molecule has 1 aromatic rings. The molecule has 1 aromatic carbocycles. The molecule has 2 aliphatic rings. The van der Waals surface area contributed by atoms with Crippen molar-refractivity contribution in [3.8, 4) is 11.5 Å². The number of likely N-dealkylation sites (tertiary alicyclic amines) is 1. The minimum atomic E-state index is -0.514. The molecule has 6 heteroatoms. The highest BCUT2D eigenvalue weighted by molar-refractivity contribution is 5.86. The Balaban J connectivity index is 1.48. The second-order valence-corrected chi connectivity index (χ2v) is 8.73. The van der Waals surface area contributed by atoms with E-state index in [0.29, 0.717) is 25.3 Å². The summed E-state index contributed by atoms with van der Waals surface area (Å²) in [6, 6.07) is 5.38. The van der Waals surface area contributed by atoms with Crippen molar-refractivity contribution < 1.29 is 19.4 Å². The number of fused-ring (bicyclic) bond motifs is 1. The molecule has 2 fully saturated rings. The highest BCUT2D eigenvalue weighted by atomic mass is 16.5. The minimum Gasteiger partial charge on any atom is -0.504 e. The standard InChI is InChI=1S/C21H30N2O4/c1-20(2)12-21(19(22)26)13-23(11-17(20)21)18(25)7-5-4-6-14-8-9-16(27-3)15(24)10-14/h8-10,17,24H,4-7,11-13H2,1-3H3,(H2,22,26)/t17-,21+/m1/s1. The van der Waals surface area contributed by atoms with Crippen LogP contribution in [0.1, 0.15) is 45.1 Å². The van der Waals surface area contributed by atoms with E-state index in [1.54, 1.807) is 12.1 Å². The lowest BCUT2D eigenvalue weighted by Crippen LogP contribution is -2.59. The fourth-order valence-electron chi connectivity index (χ4n) is 5.07. The van der Waals surface area contributed by atoms with Gasteiger partial charge in [0.05, 0.1) is 12.5 Å². The van der Waals surface area contributed by atoms with E-state index in [1.165, 1.54) is 7.11 Å². The van der Waals surface area contributed by atoms with E-state index < -0.39 is 5.41 Å². The number of aryl methyl sites for hydroxylation is 1. The first-order valence-electron chi connectivity index (χ1n) is 9.63. The summed E-state index contributed by atoms with van der Waals surface area (Å²) in [5.41, 5.74) is 6.25. The fourth-order valence-corrected chi connectivity index (χ4v) is 5.07. The van der Waals surface area contributed by atoms with Gasteiger partial charge in [-0.25, -0.2) is 0 Å². The number of methoxy groups -OCH3 is 1. The molecular weight excluding hydrogens is 344 g/mol. The van der Waals surface area contributed by atoms with Crippen molar-refractivity contribution in [3.05, 3.63) is 23.8 Å². The van der Waals surface area contributed by atoms with Gasteiger partial charge in [-0.2, -0.15) is 0 Å². The predicted molar refractivity (Wildman–Crippen MR) is 102 cm³/mol. The molecular formula is C21H30N2O4. The van der Waals surface area contributed by atoms with Gasteiger partial charge < -0.3 is 20.5 Å². The lowest BCUT2D eigenvalue weighted by Gasteiger charge is -2.54. The Morgan fingerprint density at radius 3 is 2.63 bits per heavy atom. The monoisotopic (exact) mass is 374 g/mol. The van der Waals surface area contributed by atoms with Crippen LogP contribution in [0.2, 0.25) is 0 Å². The van der Waals surface area contributed by atoms with Crippen LogP contribution in [0, 0.1) is 16.7 Å². The van der Waals surface area contributed by atoms with Crippen LogP contribution in [-0.4, -0.2) is 42.0 Å². The first kappa shape index (κ1) is 19.5. The molecule has 1 saturated heterocycles. The normalized spacial score (nSPS) is 25.6. The van der Waals surface area contributed by atoms with Crippen LogP contribution in [0.15, 0.2) is 18.2 Å². The molecule has 27 heavy (non-hydrogen) atoms. The Labute approximate surface area is 160 Å². The first-order chi connectivity index (χ1) is 12.7. The van der Waals surface area contributed by atoms with Gasteiger partial charge in [-0.3, -0.25) is 9.59 Å². The topological polar surface area (TPSA) is 92.9 Å². The van der Waals surface area contributed by atoms with Crippen LogP contribution in [-0.2, 0) is 16.0 Å². The van der Waals surface area contributed by atoms with Crippen molar-refractivity contribution in [1.29, 1.82) is 0 Å². The number of nitrogens with zero attached hydrogens (tertiary/aromatic N) is 1. The third-order valence-electron chi connectivity index (χ3n) is 6.45. The highest BCUT2D eigenvalue weighted by Crippen LogP contribution is 2.62. The van der Waals surface area contributed by atoms with E-state index in [2.05, 4.69) is 13.8 Å². The third kappa shape index (κ3) is 3.49. The van der Waals surface area contributed by atoms with E-state index in [9.17, 15) is 14.7 Å². The van der Waals surface area contributed by atoms with Crippen molar-refractivity contribution in [1.82, 2.24) is 4.90 Å². The number of aromatic hydroxyl groups is 1. The Bertz CT molecular complexity index is 746. The average molecular weight is 374 g/mol. The molecule has 0 spiro atoms. The van der Waals surface area contributed by atoms with Crippen LogP contribution < -0.4 is 10.5 Å². The van der Waals surface area contributed by atoms with Gasteiger partial charge in [-0.1, -0.05) is 19.9 Å². The Hall–Kier alpha value is -2.24. The van der Waals surface area contributed by atoms with Crippen LogP contribution in [0.25, 0.3) is 0 Å². The van der Waals surface area contributed by atoms with E-state index in [-0.39, 0.29) is 28.9 Å². The maximum Gasteiger partial charge on any atom is 0.225 e. The molecule has 1 aliphatic heterocycles. The number of amides is 2. The number of ether oxygens (including phenoxy) is 1. The molecule has 2 amide bonds. The van der Waals surface area contributed by atoms with Crippen molar-refractivity contribution in [2.45, 2.75) is 46.0 Å². The molecule has 3 rings (SSSR count). The summed E-state index contributed by atoms with van der Waals surface area (Å²) in [6.07, 6.45) is 3.68. The van der Waals surface area contributed by atoms with Crippen LogP contribution >= 0.6 is 0 Å². The molecule has 1 aliphatic carbocycles. The Morgan fingerprint density at radius 2 is 2.07 bits per heavy atom. The largest absolute Gasteiger partial charge is 0.504 e. The van der Waals surface area contributed by atoms with Gasteiger partial charge in [0.1, 0.15) is 0 Å². The maximum absolute atomic E-state index is 12.6. The smallest absolute Gasteiger partial charge is 0.225 e. The molecule has 0 unspecified atom stereocenters. The molecule has 1 saturated carbocycles. The predicted octanol–water partition coefficient (Wildman–Crippen LogP) is 2.47. The Morgan fingerprint density at radius 1 is 1.33 bits per heavy atom. The zero-order chi connectivity index (χ0) is 19.8. The Kier molecular flexibility index (Phi) is 5.10. The van der Waals surface area contributed by atoms with Crippen LogP contribution in [0.4, 0.5) is 0 Å². The summed E-state index contributed by atoms with van der Waals surface area (Å²) in [5, 5.41) is 9.82. The van der Waals surface area contributed by atoms with Gasteiger partial charge in [0.15, 0.2) is 11.5 Å². The summed E-state index contributed by atoms with van der Waals surface area (Å²) in [6.45, 7) is 5.41. The van der Waals surface area contributed by atoms with E-state index in [0.717, 1.165) is 31.2 Å². The fraction of sp³-hybridized carbons (Fsp3) is 0.619. The molecule has 0 bridgehead atoms. The number of hydrogen-bond acceptors (Lipinski definition) is 4. The number of phenolic OH excluding ortho intramolecular Hbond substituents is 1. The lowest BCUT2D eigenvalue weighted by atomic mass is 9.48. The number of nitrogens with two attached hydrogens (primary N) is 1. The lowest BCUT2D eigenvalue weighted by molar-refractivity contribution is -0.148. The zero-order valence-corrected chi connectivity index (χ0v) is 16.5. The number of carbonyl (C=O) groups is 2. The van der Waals surface area contributed by atoms with Crippen molar-refractivity contribution in [2.24, 2.45) is 22.5 Å². The van der Waals surface area contributed by atoms with Gasteiger partial charge in [-0.15, -0.1) is 0 Å². The molecule has 0 aromatic heterocycles. The first-order valence-corrected chi connectivity index (χ1v) is 9.63. The number of carbonyl (C=O) groups excluding carboxylic acids is 2. The number of rotatable bonds is 7. The molecule has 148 valence electrons. The summed E-state index contributed by atoms with van der Waals surface area (Å²) in [4.78, 5) is 26.4. The summed E-state index contributed by atoms with van der Waals surface area (Å²) < 4.78 is 5.04. The van der Waals surface area contributed by atoms with Gasteiger partial charge >= 0.3 is 0 Å². The van der Waals surface area contributed by atoms with Gasteiger partial charge in [0.2, 0.25) is 11.8 Å². The van der Waals surface area contributed by atoms with Crippen molar-refractivity contribution >= 4 is 11.8 Å². The molecule has 6 nitrogen and oxygen atoms in total. The summed E-state index contributed by atoms with van der Waals surface area (Å²) in [7, 11) is 1.52. The zero-order valence-electron chi connectivity index (χ0n) is 16.5. The molecule has 2 atom stereocenters. The number of benzene rings is 1. The average Bonchev–Trinajstić information content (AvgIpc) is 2.95. The molecule has 1 heterocycles. The number of phenols is 1. The molecule has 3 N–H and O–H groups in total. The van der Waals surface area contributed by atoms with Crippen LogP contribution in [0.3, 0.4) is 0 Å². The SMILES string of the molecule is COc1ccc(CCCCC(=O)N2C[C@@H]3C(C)(C)C[C@]3(C(N)=O)C2)cc1O. The van der Waals surface area contributed by atoms with Gasteiger partial charge in [0.25, 0.3) is 0 Å². The quantitative estimate of drug-likeness (QED) is 0.717. The van der Waals surface area contributed by atoms with E-state index in [4.69, 9.17) is 10.5 Å². The van der Waals surface area contributed by atoms with Gasteiger partial charge in [0, 0.05) is 19.5 Å². The highest BCUT2D eigenvalue weighted by Gasteiger charge is 2.66. The number of hydrogen-bond donors (Lipinski definition) is 2. The van der Waals surface area contributed by atoms with E-state index in [1.807, 2.05) is 11.0 Å². The third-order valence-corrected chi connectivity index (χ3v) is 6.45. The summed E-state index contributed by atoms with van der Waals surface area (Å²) in [5.74, 6) is 0.621. The van der Waals surface area contributed by atoms with E-state index >= 15 is 0 Å².